The Morgan fingerprint density at radius 2 is 1.84 bits per heavy atom. The van der Waals surface area contributed by atoms with Gasteiger partial charge in [0.25, 0.3) is 5.91 Å². The van der Waals surface area contributed by atoms with Crippen molar-refractivity contribution in [3.63, 3.8) is 0 Å². The first-order chi connectivity index (χ1) is 12.1. The molecular formula is C19H30N2O4. The maximum absolute atomic E-state index is 12.8. The summed E-state index contributed by atoms with van der Waals surface area (Å²) in [6.07, 6.45) is 6.75. The van der Waals surface area contributed by atoms with Crippen LogP contribution in [0.25, 0.3) is 0 Å². The second-order valence-electron chi connectivity index (χ2n) is 7.36. The summed E-state index contributed by atoms with van der Waals surface area (Å²) in [5.41, 5.74) is 0.407. The van der Waals surface area contributed by atoms with Gasteiger partial charge in [0, 0.05) is 25.2 Å². The molecule has 2 fully saturated rings. The van der Waals surface area contributed by atoms with Crippen LogP contribution in [-0.4, -0.2) is 61.8 Å². The van der Waals surface area contributed by atoms with E-state index >= 15 is 0 Å². The lowest BCUT2D eigenvalue weighted by Crippen LogP contribution is -2.41. The quantitative estimate of drug-likeness (QED) is 0.605. The smallest absolute Gasteiger partial charge is 0.335 e. The average molecular weight is 350 g/mol. The molecule has 3 rings (SSSR count). The van der Waals surface area contributed by atoms with Crippen molar-refractivity contribution in [2.24, 2.45) is 0 Å². The molecule has 1 amide bonds. The van der Waals surface area contributed by atoms with Crippen LogP contribution in [0.15, 0.2) is 11.1 Å². The van der Waals surface area contributed by atoms with Gasteiger partial charge in [0.1, 0.15) is 5.60 Å². The number of hydrogen-bond acceptors (Lipinski definition) is 5. The lowest BCUT2D eigenvalue weighted by Gasteiger charge is -2.29. The van der Waals surface area contributed by atoms with Crippen LogP contribution in [0.5, 0.6) is 0 Å². The topological polar surface area (TPSA) is 67.9 Å². The van der Waals surface area contributed by atoms with E-state index in [-0.39, 0.29) is 11.9 Å². The van der Waals surface area contributed by atoms with E-state index < -0.39 is 5.60 Å². The third-order valence-electron chi connectivity index (χ3n) is 5.60. The minimum Gasteiger partial charge on any atom is -0.451 e. The van der Waals surface area contributed by atoms with Gasteiger partial charge in [0.2, 0.25) is 0 Å². The summed E-state index contributed by atoms with van der Waals surface area (Å²) in [4.78, 5) is 27.3. The van der Waals surface area contributed by atoms with Gasteiger partial charge < -0.3 is 14.8 Å². The molecular weight excluding hydrogens is 320 g/mol. The van der Waals surface area contributed by atoms with Gasteiger partial charge >= 0.3 is 5.97 Å². The van der Waals surface area contributed by atoms with Gasteiger partial charge in [-0.15, -0.1) is 0 Å². The number of hydrogen-bond donors (Lipinski definition) is 1. The third-order valence-corrected chi connectivity index (χ3v) is 5.60. The molecule has 0 unspecified atom stereocenters. The summed E-state index contributed by atoms with van der Waals surface area (Å²) in [5, 5.41) is 3.02. The molecule has 140 valence electrons. The zero-order valence-electron chi connectivity index (χ0n) is 15.3. The van der Waals surface area contributed by atoms with Crippen molar-refractivity contribution >= 4 is 11.9 Å². The first kappa shape index (κ1) is 18.4. The van der Waals surface area contributed by atoms with Crippen LogP contribution in [0.1, 0.15) is 51.9 Å². The number of esters is 1. The minimum atomic E-state index is -0.675. The van der Waals surface area contributed by atoms with Gasteiger partial charge in [-0.2, -0.15) is 0 Å². The summed E-state index contributed by atoms with van der Waals surface area (Å²) >= 11 is 0. The Bertz CT molecular complexity index is 530. The van der Waals surface area contributed by atoms with E-state index in [9.17, 15) is 9.59 Å². The van der Waals surface area contributed by atoms with Crippen LogP contribution in [-0.2, 0) is 19.1 Å². The van der Waals surface area contributed by atoms with Gasteiger partial charge in [0.15, 0.2) is 0 Å². The first-order valence-corrected chi connectivity index (χ1v) is 9.65. The lowest BCUT2D eigenvalue weighted by molar-refractivity contribution is -0.148. The van der Waals surface area contributed by atoms with Crippen LogP contribution in [0.2, 0.25) is 0 Å². The molecule has 6 nitrogen and oxygen atoms in total. The molecule has 2 aliphatic heterocycles. The fourth-order valence-electron chi connectivity index (χ4n) is 4.20. The highest BCUT2D eigenvalue weighted by Gasteiger charge is 2.48. The highest BCUT2D eigenvalue weighted by atomic mass is 16.6. The maximum atomic E-state index is 12.8. The van der Waals surface area contributed by atoms with E-state index in [4.69, 9.17) is 9.47 Å². The zero-order valence-corrected chi connectivity index (χ0v) is 15.3. The molecule has 6 heteroatoms. The number of rotatable bonds is 5. The van der Waals surface area contributed by atoms with Crippen molar-refractivity contribution in [1.82, 2.24) is 10.2 Å². The Labute approximate surface area is 149 Å². The molecule has 0 bridgehead atoms. The fraction of sp³-hybridized carbons (Fsp3) is 0.789. The van der Waals surface area contributed by atoms with Crippen molar-refractivity contribution in [3.05, 3.63) is 11.1 Å². The van der Waals surface area contributed by atoms with Crippen LogP contribution >= 0.6 is 0 Å². The van der Waals surface area contributed by atoms with Crippen molar-refractivity contribution in [2.75, 3.05) is 39.4 Å². The Balaban J connectivity index is 1.56. The van der Waals surface area contributed by atoms with Gasteiger partial charge in [-0.05, 0) is 45.6 Å². The predicted molar refractivity (Wildman–Crippen MR) is 94.1 cm³/mol. The van der Waals surface area contributed by atoms with Gasteiger partial charge in [-0.1, -0.05) is 12.8 Å². The summed E-state index contributed by atoms with van der Waals surface area (Å²) in [7, 11) is 0. The number of nitrogens with one attached hydrogen (secondary N) is 1. The normalized spacial score (nSPS) is 24.3. The average Bonchev–Trinajstić information content (AvgIpc) is 2.76. The number of amides is 1. The van der Waals surface area contributed by atoms with Crippen LogP contribution in [0.3, 0.4) is 0 Å². The van der Waals surface area contributed by atoms with Crippen LogP contribution < -0.4 is 5.32 Å². The molecule has 0 aromatic heterocycles. The van der Waals surface area contributed by atoms with E-state index in [0.717, 1.165) is 77.8 Å². The predicted octanol–water partition coefficient (Wildman–Crippen LogP) is 1.79. The van der Waals surface area contributed by atoms with Crippen molar-refractivity contribution in [3.8, 4) is 0 Å². The summed E-state index contributed by atoms with van der Waals surface area (Å²) < 4.78 is 11.1. The molecule has 2 heterocycles. The highest BCUT2D eigenvalue weighted by Crippen LogP contribution is 2.42. The van der Waals surface area contributed by atoms with Crippen molar-refractivity contribution < 1.29 is 19.1 Å². The molecule has 0 aromatic rings. The Kier molecular flexibility index (Phi) is 6.12. The summed E-state index contributed by atoms with van der Waals surface area (Å²) in [5.74, 6) is -0.437. The number of ether oxygens (including phenoxy) is 2. The monoisotopic (exact) mass is 350 g/mol. The minimum absolute atomic E-state index is 0.118. The number of carbonyl (C=O) groups excluding carboxylic acids is 2. The molecule has 3 aliphatic rings. The first-order valence-electron chi connectivity index (χ1n) is 9.65. The molecule has 25 heavy (non-hydrogen) atoms. The highest BCUT2D eigenvalue weighted by molar-refractivity contribution is 6.07. The van der Waals surface area contributed by atoms with Crippen LogP contribution in [0, 0.1) is 0 Å². The molecule has 0 aromatic carbocycles. The van der Waals surface area contributed by atoms with E-state index in [2.05, 4.69) is 10.2 Å². The SMILES string of the molecule is CC1=C(C(=O)NCCCN2CCOCC2)C2(CCCCCC2)OC1=O. The molecule has 1 aliphatic carbocycles. The summed E-state index contributed by atoms with van der Waals surface area (Å²) in [6, 6.07) is 0. The number of nitrogens with zero attached hydrogens (tertiary/aromatic N) is 1. The second kappa shape index (κ2) is 8.32. The van der Waals surface area contributed by atoms with E-state index in [0.29, 0.717) is 17.7 Å². The molecule has 0 atom stereocenters. The van der Waals surface area contributed by atoms with Gasteiger partial charge in [0.05, 0.1) is 18.8 Å². The van der Waals surface area contributed by atoms with Crippen molar-refractivity contribution in [1.29, 1.82) is 0 Å². The molecule has 1 saturated heterocycles. The van der Waals surface area contributed by atoms with E-state index in [1.165, 1.54) is 0 Å². The van der Waals surface area contributed by atoms with Gasteiger partial charge in [-0.25, -0.2) is 4.79 Å². The maximum Gasteiger partial charge on any atom is 0.335 e. The third kappa shape index (κ3) is 4.23. The zero-order chi connectivity index (χ0) is 17.7. The lowest BCUT2D eigenvalue weighted by atomic mass is 9.84. The molecule has 1 N–H and O–H groups in total. The number of morpholine rings is 1. The van der Waals surface area contributed by atoms with E-state index in [1.807, 2.05) is 0 Å². The standard InChI is InChI=1S/C19H30N2O4/c1-15-16(19(25-18(15)23)7-4-2-3-5-8-19)17(22)20-9-6-10-21-11-13-24-14-12-21/h2-14H2,1H3,(H,20,22). The Morgan fingerprint density at radius 1 is 1.16 bits per heavy atom. The molecule has 1 saturated carbocycles. The van der Waals surface area contributed by atoms with Crippen LogP contribution in [0.4, 0.5) is 0 Å². The Hall–Kier alpha value is -1.40. The molecule has 1 spiro atoms. The Morgan fingerprint density at radius 3 is 2.52 bits per heavy atom. The van der Waals surface area contributed by atoms with Gasteiger partial charge in [-0.3, -0.25) is 9.69 Å². The van der Waals surface area contributed by atoms with E-state index in [1.54, 1.807) is 6.92 Å². The molecule has 0 radical (unpaired) electrons. The summed E-state index contributed by atoms with van der Waals surface area (Å²) in [6.45, 7) is 6.82. The fourth-order valence-corrected chi connectivity index (χ4v) is 4.20. The van der Waals surface area contributed by atoms with Crippen molar-refractivity contribution in [2.45, 2.75) is 57.5 Å². The number of carbonyl (C=O) groups is 2. The largest absolute Gasteiger partial charge is 0.451 e. The second-order valence-corrected chi connectivity index (χ2v) is 7.36.